The minimum Gasteiger partial charge on any atom is -0.496 e. The lowest BCUT2D eigenvalue weighted by molar-refractivity contribution is -0.124. The van der Waals surface area contributed by atoms with Crippen molar-refractivity contribution < 1.29 is 9.53 Å². The number of primary amides is 1. The average Bonchev–Trinajstić information content (AvgIpc) is 2.35. The van der Waals surface area contributed by atoms with Gasteiger partial charge < -0.3 is 10.5 Å². The number of ether oxygens (including phenoxy) is 1. The lowest BCUT2D eigenvalue weighted by Gasteiger charge is -2.29. The molecule has 4 heteroatoms. The Morgan fingerprint density at radius 3 is 2.67 bits per heavy atom. The van der Waals surface area contributed by atoms with Crippen LogP contribution in [0.1, 0.15) is 31.4 Å². The van der Waals surface area contributed by atoms with Crippen LogP contribution in [0.3, 0.4) is 0 Å². The van der Waals surface area contributed by atoms with Crippen molar-refractivity contribution in [1.29, 1.82) is 0 Å². The highest BCUT2D eigenvalue weighted by molar-refractivity contribution is 5.86. The van der Waals surface area contributed by atoms with Gasteiger partial charge in [-0.15, -0.1) is 0 Å². The standard InChI is InChI=1S/C14H22N2O2/c1-5-8-16-14(3,13(15)17)11-9-10(2)6-7-12(11)18-4/h6-7,9,16H,5,8H2,1-4H3,(H2,15,17). The average molecular weight is 250 g/mol. The Labute approximate surface area is 109 Å². The summed E-state index contributed by atoms with van der Waals surface area (Å²) in [6.07, 6.45) is 0.928. The van der Waals surface area contributed by atoms with Crippen LogP contribution in [-0.2, 0) is 10.3 Å². The minimum atomic E-state index is -0.909. The van der Waals surface area contributed by atoms with Crippen LogP contribution in [-0.4, -0.2) is 19.6 Å². The van der Waals surface area contributed by atoms with E-state index < -0.39 is 11.4 Å². The number of amides is 1. The highest BCUT2D eigenvalue weighted by Crippen LogP contribution is 2.30. The first-order valence-corrected chi connectivity index (χ1v) is 6.15. The van der Waals surface area contributed by atoms with Crippen molar-refractivity contribution in [2.45, 2.75) is 32.7 Å². The Balaban J connectivity index is 3.28. The summed E-state index contributed by atoms with van der Waals surface area (Å²) < 4.78 is 5.33. The van der Waals surface area contributed by atoms with E-state index >= 15 is 0 Å². The van der Waals surface area contributed by atoms with Gasteiger partial charge in [0.25, 0.3) is 0 Å². The summed E-state index contributed by atoms with van der Waals surface area (Å²) in [6, 6.07) is 5.75. The minimum absolute atomic E-state index is 0.403. The van der Waals surface area contributed by atoms with E-state index in [2.05, 4.69) is 5.32 Å². The quantitative estimate of drug-likeness (QED) is 0.807. The van der Waals surface area contributed by atoms with Crippen LogP contribution in [0, 0.1) is 6.92 Å². The molecule has 1 atom stereocenters. The fourth-order valence-electron chi connectivity index (χ4n) is 1.90. The third-order valence-electron chi connectivity index (χ3n) is 3.12. The molecule has 1 aromatic rings. The Morgan fingerprint density at radius 1 is 1.50 bits per heavy atom. The highest BCUT2D eigenvalue weighted by Gasteiger charge is 2.35. The van der Waals surface area contributed by atoms with Crippen LogP contribution in [0.4, 0.5) is 0 Å². The molecule has 4 nitrogen and oxygen atoms in total. The zero-order chi connectivity index (χ0) is 13.8. The number of methoxy groups -OCH3 is 1. The molecule has 0 aliphatic carbocycles. The highest BCUT2D eigenvalue weighted by atomic mass is 16.5. The summed E-state index contributed by atoms with van der Waals surface area (Å²) in [7, 11) is 1.59. The van der Waals surface area contributed by atoms with Crippen molar-refractivity contribution in [3.05, 3.63) is 29.3 Å². The maximum atomic E-state index is 11.8. The molecular formula is C14H22N2O2. The van der Waals surface area contributed by atoms with E-state index in [-0.39, 0.29) is 0 Å². The smallest absolute Gasteiger partial charge is 0.242 e. The fourth-order valence-corrected chi connectivity index (χ4v) is 1.90. The first kappa shape index (κ1) is 14.5. The normalized spacial score (nSPS) is 14.0. The van der Waals surface area contributed by atoms with Crippen LogP contribution in [0.25, 0.3) is 0 Å². The maximum Gasteiger partial charge on any atom is 0.242 e. The van der Waals surface area contributed by atoms with Crippen LogP contribution >= 0.6 is 0 Å². The van der Waals surface area contributed by atoms with Gasteiger partial charge in [0.05, 0.1) is 7.11 Å². The van der Waals surface area contributed by atoms with Crippen molar-refractivity contribution >= 4 is 5.91 Å². The van der Waals surface area contributed by atoms with Crippen LogP contribution in [0.15, 0.2) is 18.2 Å². The molecule has 0 saturated heterocycles. The molecule has 0 fully saturated rings. The molecule has 1 aromatic carbocycles. The van der Waals surface area contributed by atoms with Crippen LogP contribution in [0.5, 0.6) is 5.75 Å². The topological polar surface area (TPSA) is 64.3 Å². The van der Waals surface area contributed by atoms with Crippen LogP contribution < -0.4 is 15.8 Å². The fraction of sp³-hybridized carbons (Fsp3) is 0.500. The van der Waals surface area contributed by atoms with Gasteiger partial charge in [0, 0.05) is 5.56 Å². The molecule has 0 aliphatic heterocycles. The zero-order valence-corrected chi connectivity index (χ0v) is 11.5. The van der Waals surface area contributed by atoms with Gasteiger partial charge >= 0.3 is 0 Å². The Bertz CT molecular complexity index is 432. The molecular weight excluding hydrogens is 228 g/mol. The first-order chi connectivity index (χ1) is 8.45. The first-order valence-electron chi connectivity index (χ1n) is 6.15. The summed E-state index contributed by atoms with van der Waals surface area (Å²) >= 11 is 0. The van der Waals surface area contributed by atoms with Crippen molar-refractivity contribution in [3.63, 3.8) is 0 Å². The summed E-state index contributed by atoms with van der Waals surface area (Å²) in [5.74, 6) is 0.269. The summed E-state index contributed by atoms with van der Waals surface area (Å²) in [4.78, 5) is 11.8. The van der Waals surface area contributed by atoms with Crippen molar-refractivity contribution in [1.82, 2.24) is 5.32 Å². The summed E-state index contributed by atoms with van der Waals surface area (Å²) in [6.45, 7) is 6.53. The van der Waals surface area contributed by atoms with Crippen molar-refractivity contribution in [2.75, 3.05) is 13.7 Å². The molecule has 1 amide bonds. The van der Waals surface area contributed by atoms with E-state index in [1.54, 1.807) is 14.0 Å². The molecule has 0 aliphatic rings. The molecule has 100 valence electrons. The largest absolute Gasteiger partial charge is 0.496 e. The number of hydrogen-bond donors (Lipinski definition) is 2. The Kier molecular flexibility index (Phi) is 4.73. The molecule has 18 heavy (non-hydrogen) atoms. The number of carbonyl (C=O) groups is 1. The molecule has 0 aromatic heterocycles. The number of nitrogens with one attached hydrogen (secondary N) is 1. The molecule has 0 bridgehead atoms. The van der Waals surface area contributed by atoms with Gasteiger partial charge in [-0.2, -0.15) is 0 Å². The molecule has 1 unspecified atom stereocenters. The van der Waals surface area contributed by atoms with E-state index in [0.717, 1.165) is 24.1 Å². The molecule has 0 spiro atoms. The van der Waals surface area contributed by atoms with Gasteiger partial charge in [-0.3, -0.25) is 10.1 Å². The second-order valence-corrected chi connectivity index (χ2v) is 4.62. The van der Waals surface area contributed by atoms with Gasteiger partial charge in [-0.1, -0.05) is 18.6 Å². The molecule has 0 heterocycles. The Hall–Kier alpha value is -1.55. The van der Waals surface area contributed by atoms with E-state index in [1.165, 1.54) is 0 Å². The van der Waals surface area contributed by atoms with E-state index in [9.17, 15) is 4.79 Å². The second kappa shape index (κ2) is 5.87. The van der Waals surface area contributed by atoms with E-state index in [0.29, 0.717) is 5.75 Å². The molecule has 0 radical (unpaired) electrons. The number of rotatable bonds is 6. The van der Waals surface area contributed by atoms with E-state index in [1.807, 2.05) is 32.0 Å². The maximum absolute atomic E-state index is 11.8. The number of aryl methyl sites for hydroxylation is 1. The predicted octanol–water partition coefficient (Wildman–Crippen LogP) is 1.70. The zero-order valence-electron chi connectivity index (χ0n) is 11.5. The summed E-state index contributed by atoms with van der Waals surface area (Å²) in [5.41, 5.74) is 6.50. The number of carbonyl (C=O) groups excluding carboxylic acids is 1. The lowest BCUT2D eigenvalue weighted by atomic mass is 9.89. The van der Waals surface area contributed by atoms with Gasteiger partial charge in [-0.25, -0.2) is 0 Å². The molecule has 1 rings (SSSR count). The number of hydrogen-bond acceptors (Lipinski definition) is 3. The van der Waals surface area contributed by atoms with Gasteiger partial charge in [0.2, 0.25) is 5.91 Å². The van der Waals surface area contributed by atoms with Crippen LogP contribution in [0.2, 0.25) is 0 Å². The molecule has 0 saturated carbocycles. The van der Waals surface area contributed by atoms with Gasteiger partial charge in [-0.05, 0) is 38.9 Å². The predicted molar refractivity (Wildman–Crippen MR) is 72.6 cm³/mol. The monoisotopic (exact) mass is 250 g/mol. The van der Waals surface area contributed by atoms with E-state index in [4.69, 9.17) is 10.5 Å². The SMILES string of the molecule is CCCNC(C)(C(N)=O)c1cc(C)ccc1OC. The van der Waals surface area contributed by atoms with Gasteiger partial charge in [0.1, 0.15) is 11.3 Å². The van der Waals surface area contributed by atoms with Crippen molar-refractivity contribution in [3.8, 4) is 5.75 Å². The molecule has 3 N–H and O–H groups in total. The lowest BCUT2D eigenvalue weighted by Crippen LogP contribution is -2.50. The number of benzene rings is 1. The van der Waals surface area contributed by atoms with Crippen molar-refractivity contribution in [2.24, 2.45) is 5.73 Å². The second-order valence-electron chi connectivity index (χ2n) is 4.62. The summed E-state index contributed by atoms with van der Waals surface area (Å²) in [5, 5.41) is 3.21. The third kappa shape index (κ3) is 2.82. The van der Waals surface area contributed by atoms with Gasteiger partial charge in [0.15, 0.2) is 0 Å². The Morgan fingerprint density at radius 2 is 2.17 bits per heavy atom. The third-order valence-corrected chi connectivity index (χ3v) is 3.12. The number of nitrogens with two attached hydrogens (primary N) is 1.